The topological polar surface area (TPSA) is 92.5 Å². The molecule has 0 aliphatic heterocycles. The van der Waals surface area contributed by atoms with Crippen LogP contribution in [0.3, 0.4) is 0 Å². The molecule has 0 spiro atoms. The van der Waals surface area contributed by atoms with E-state index in [0.29, 0.717) is 0 Å². The normalized spacial score (nSPS) is 10.8. The van der Waals surface area contributed by atoms with Gasteiger partial charge in [0.25, 0.3) is 0 Å². The Hall–Kier alpha value is -3.75. The van der Waals surface area contributed by atoms with Gasteiger partial charge in [0, 0.05) is 27.5 Å². The number of fused-ring (bicyclic) bond motifs is 2. The summed E-state index contributed by atoms with van der Waals surface area (Å²) in [5, 5.41) is 17.9. The summed E-state index contributed by atoms with van der Waals surface area (Å²) in [7, 11) is 0. The smallest absolute Gasteiger partial charge is 0.204 e. The Morgan fingerprint density at radius 1 is 0.586 bits per heavy atom. The zero-order valence-electron chi connectivity index (χ0n) is 14.5. The first-order chi connectivity index (χ1) is 13.6. The molecule has 0 atom stereocenters. The van der Waals surface area contributed by atoms with E-state index in [1.165, 1.54) is 24.3 Å². The molecule has 9 heteroatoms. The SMILES string of the molecule is Nc1ccc(F)c2c(O)ccc(F)c12.Nc1cccc2c(O)c(F)c(F)c(F)c12. The van der Waals surface area contributed by atoms with Gasteiger partial charge in [-0.25, -0.2) is 17.6 Å². The Morgan fingerprint density at radius 2 is 1.17 bits per heavy atom. The van der Waals surface area contributed by atoms with Crippen LogP contribution >= 0.6 is 0 Å². The third-order valence-electron chi connectivity index (χ3n) is 4.23. The van der Waals surface area contributed by atoms with Crippen LogP contribution in [-0.4, -0.2) is 10.2 Å². The van der Waals surface area contributed by atoms with E-state index in [1.54, 1.807) is 0 Å². The lowest BCUT2D eigenvalue weighted by Crippen LogP contribution is -1.97. The molecule has 0 saturated carbocycles. The molecule has 4 aromatic rings. The van der Waals surface area contributed by atoms with E-state index in [4.69, 9.17) is 11.5 Å². The fourth-order valence-corrected chi connectivity index (χ4v) is 2.86. The summed E-state index contributed by atoms with van der Waals surface area (Å²) < 4.78 is 65.7. The molecular weight excluding hydrogens is 395 g/mol. The van der Waals surface area contributed by atoms with Crippen molar-refractivity contribution in [1.82, 2.24) is 0 Å². The lowest BCUT2D eigenvalue weighted by Gasteiger charge is -2.07. The number of benzene rings is 4. The van der Waals surface area contributed by atoms with Gasteiger partial charge in [-0.15, -0.1) is 0 Å². The number of hydrogen-bond acceptors (Lipinski definition) is 4. The molecule has 0 amide bonds. The highest BCUT2D eigenvalue weighted by molar-refractivity contribution is 5.98. The first-order valence-corrected chi connectivity index (χ1v) is 8.03. The molecule has 0 radical (unpaired) electrons. The highest BCUT2D eigenvalue weighted by atomic mass is 19.2. The van der Waals surface area contributed by atoms with E-state index in [2.05, 4.69) is 0 Å². The second-order valence-electron chi connectivity index (χ2n) is 6.01. The second-order valence-corrected chi connectivity index (χ2v) is 6.01. The van der Waals surface area contributed by atoms with Crippen molar-refractivity contribution in [2.24, 2.45) is 0 Å². The summed E-state index contributed by atoms with van der Waals surface area (Å²) in [6, 6.07) is 8.51. The third-order valence-corrected chi connectivity index (χ3v) is 4.23. The number of halogens is 5. The van der Waals surface area contributed by atoms with Crippen LogP contribution in [0.2, 0.25) is 0 Å². The zero-order valence-corrected chi connectivity index (χ0v) is 14.5. The quantitative estimate of drug-likeness (QED) is 0.188. The number of rotatable bonds is 0. The van der Waals surface area contributed by atoms with Gasteiger partial charge >= 0.3 is 0 Å². The lowest BCUT2D eigenvalue weighted by molar-refractivity contribution is 0.395. The van der Waals surface area contributed by atoms with Gasteiger partial charge in [-0.05, 0) is 30.3 Å². The molecule has 4 rings (SSSR count). The molecule has 0 heterocycles. The Bertz CT molecular complexity index is 1170. The van der Waals surface area contributed by atoms with Crippen molar-refractivity contribution in [3.05, 3.63) is 71.6 Å². The van der Waals surface area contributed by atoms with Crippen LogP contribution in [0, 0.1) is 29.1 Å². The number of phenols is 2. The first-order valence-electron chi connectivity index (χ1n) is 8.03. The maximum absolute atomic E-state index is 13.3. The fraction of sp³-hybridized carbons (Fsp3) is 0. The number of anilines is 2. The third kappa shape index (κ3) is 3.31. The lowest BCUT2D eigenvalue weighted by atomic mass is 10.1. The average molecular weight is 408 g/mol. The van der Waals surface area contributed by atoms with E-state index >= 15 is 0 Å². The summed E-state index contributed by atoms with van der Waals surface area (Å²) in [5.74, 6) is -7.30. The van der Waals surface area contributed by atoms with Crippen molar-refractivity contribution >= 4 is 32.9 Å². The average Bonchev–Trinajstić information content (AvgIpc) is 2.70. The van der Waals surface area contributed by atoms with Crippen LogP contribution in [0.1, 0.15) is 0 Å². The van der Waals surface area contributed by atoms with E-state index in [0.717, 1.165) is 18.2 Å². The van der Waals surface area contributed by atoms with E-state index in [9.17, 15) is 32.2 Å². The molecule has 4 nitrogen and oxygen atoms in total. The van der Waals surface area contributed by atoms with E-state index in [-0.39, 0.29) is 38.7 Å². The van der Waals surface area contributed by atoms with Crippen molar-refractivity contribution in [2.45, 2.75) is 0 Å². The van der Waals surface area contributed by atoms with Crippen LogP contribution in [0.5, 0.6) is 11.5 Å². The molecule has 150 valence electrons. The summed E-state index contributed by atoms with van der Waals surface area (Å²) in [6.07, 6.45) is 0. The summed E-state index contributed by atoms with van der Waals surface area (Å²) in [5.41, 5.74) is 10.9. The highest BCUT2D eigenvalue weighted by Crippen LogP contribution is 2.35. The van der Waals surface area contributed by atoms with Crippen LogP contribution in [0.15, 0.2) is 42.5 Å². The van der Waals surface area contributed by atoms with E-state index < -0.39 is 34.8 Å². The predicted octanol–water partition coefficient (Wildman–Crippen LogP) is 4.95. The number of phenolic OH excluding ortho intramolecular Hbond substituents is 2. The molecule has 0 aliphatic rings. The number of hydrogen-bond donors (Lipinski definition) is 4. The standard InChI is InChI=1S/C10H6F3NO.C10H7F2NO/c11-7-6-4(2-1-3-5(6)14)10(15)9(13)8(7)12;11-5-2-4-8(14)10-6(12)1-3-7(13)9(5)10/h1-3,15H,14H2;1-4,14H,13H2. The highest BCUT2D eigenvalue weighted by Gasteiger charge is 2.20. The van der Waals surface area contributed by atoms with Crippen LogP contribution < -0.4 is 11.5 Å². The molecule has 29 heavy (non-hydrogen) atoms. The van der Waals surface area contributed by atoms with Crippen molar-refractivity contribution < 1.29 is 32.2 Å². The van der Waals surface area contributed by atoms with Gasteiger partial charge in [0.15, 0.2) is 17.4 Å². The fourth-order valence-electron chi connectivity index (χ4n) is 2.86. The van der Waals surface area contributed by atoms with Gasteiger partial charge in [0.05, 0.1) is 5.39 Å². The minimum atomic E-state index is -1.72. The molecule has 4 aromatic carbocycles. The minimum Gasteiger partial charge on any atom is -0.507 e. The number of nitrogens with two attached hydrogens (primary N) is 2. The molecule has 0 aromatic heterocycles. The van der Waals surface area contributed by atoms with Gasteiger partial charge in [-0.3, -0.25) is 0 Å². The molecule has 0 unspecified atom stereocenters. The van der Waals surface area contributed by atoms with Crippen molar-refractivity contribution in [1.29, 1.82) is 0 Å². The van der Waals surface area contributed by atoms with Crippen molar-refractivity contribution in [3.8, 4) is 11.5 Å². The Kier molecular flexibility index (Phi) is 5.06. The number of aromatic hydroxyl groups is 2. The molecule has 0 bridgehead atoms. The largest absolute Gasteiger partial charge is 0.507 e. The van der Waals surface area contributed by atoms with E-state index in [1.807, 2.05) is 0 Å². The van der Waals surface area contributed by atoms with Gasteiger partial charge in [-0.2, -0.15) is 4.39 Å². The Labute approximate surface area is 160 Å². The first kappa shape index (κ1) is 20.0. The Morgan fingerprint density at radius 3 is 1.83 bits per heavy atom. The molecule has 6 N–H and O–H groups in total. The molecule has 0 saturated heterocycles. The van der Waals surface area contributed by atoms with Gasteiger partial charge in [0.2, 0.25) is 5.82 Å². The molecular formula is C20H13F5N2O2. The predicted molar refractivity (Wildman–Crippen MR) is 99.8 cm³/mol. The van der Waals surface area contributed by atoms with Gasteiger partial charge in [-0.1, -0.05) is 12.1 Å². The molecule has 0 fully saturated rings. The van der Waals surface area contributed by atoms with Crippen LogP contribution in [0.25, 0.3) is 21.5 Å². The second kappa shape index (κ2) is 7.34. The van der Waals surface area contributed by atoms with Gasteiger partial charge in [0.1, 0.15) is 17.4 Å². The maximum atomic E-state index is 13.3. The summed E-state index contributed by atoms with van der Waals surface area (Å²) in [6.45, 7) is 0. The summed E-state index contributed by atoms with van der Waals surface area (Å²) in [4.78, 5) is 0. The van der Waals surface area contributed by atoms with Gasteiger partial charge < -0.3 is 21.7 Å². The monoisotopic (exact) mass is 408 g/mol. The zero-order chi connectivity index (χ0) is 21.5. The molecule has 0 aliphatic carbocycles. The van der Waals surface area contributed by atoms with Crippen LogP contribution in [0.4, 0.5) is 33.3 Å². The number of nitrogen functional groups attached to an aromatic ring is 2. The maximum Gasteiger partial charge on any atom is 0.204 e. The van der Waals surface area contributed by atoms with Crippen molar-refractivity contribution in [2.75, 3.05) is 11.5 Å². The minimum absolute atomic E-state index is 0.0563. The van der Waals surface area contributed by atoms with Crippen LogP contribution in [-0.2, 0) is 0 Å². The van der Waals surface area contributed by atoms with Crippen molar-refractivity contribution in [3.63, 3.8) is 0 Å². The Balaban J connectivity index is 0.000000166. The summed E-state index contributed by atoms with van der Waals surface area (Å²) >= 11 is 0.